The highest BCUT2D eigenvalue weighted by atomic mass is 16.5. The fourth-order valence-electron chi connectivity index (χ4n) is 2.23. The smallest absolute Gasteiger partial charge is 0.0824 e. The molecule has 96 valence electrons. The fourth-order valence-corrected chi connectivity index (χ4v) is 2.23. The average molecular weight is 238 g/mol. The number of nitrogens with zero attached hydrogens (tertiary/aromatic N) is 3. The summed E-state index contributed by atoms with van der Waals surface area (Å²) in [5.74, 6) is 0. The largest absolute Gasteiger partial charge is 0.374 e. The zero-order chi connectivity index (χ0) is 12.3. The summed E-state index contributed by atoms with van der Waals surface area (Å²) in [6.45, 7) is 8.49. The van der Waals surface area contributed by atoms with Crippen molar-refractivity contribution in [3.63, 3.8) is 0 Å². The standard InChI is InChI=1S/C12H22N4O/c1-10(2)16-11(3-4-14-16)8-15-5-6-17-12(7-13)9-15/h3-4,10,12H,5-9,13H2,1-2H3. The number of hydrogen-bond donors (Lipinski definition) is 1. The van der Waals surface area contributed by atoms with Crippen molar-refractivity contribution in [2.24, 2.45) is 5.73 Å². The average Bonchev–Trinajstić information content (AvgIpc) is 2.77. The Balaban J connectivity index is 1.98. The lowest BCUT2D eigenvalue weighted by Crippen LogP contribution is -2.45. The summed E-state index contributed by atoms with van der Waals surface area (Å²) < 4.78 is 7.64. The number of morpholine rings is 1. The van der Waals surface area contributed by atoms with Gasteiger partial charge in [-0.05, 0) is 19.9 Å². The van der Waals surface area contributed by atoms with Gasteiger partial charge in [0.2, 0.25) is 0 Å². The van der Waals surface area contributed by atoms with Gasteiger partial charge in [0.25, 0.3) is 0 Å². The van der Waals surface area contributed by atoms with Crippen molar-refractivity contribution in [3.8, 4) is 0 Å². The molecule has 2 rings (SSSR count). The van der Waals surface area contributed by atoms with Crippen LogP contribution in [0.2, 0.25) is 0 Å². The molecule has 1 atom stereocenters. The molecule has 0 saturated carbocycles. The summed E-state index contributed by atoms with van der Waals surface area (Å²) in [7, 11) is 0. The highest BCUT2D eigenvalue weighted by Crippen LogP contribution is 2.13. The van der Waals surface area contributed by atoms with E-state index in [0.29, 0.717) is 12.6 Å². The maximum absolute atomic E-state index is 5.65. The van der Waals surface area contributed by atoms with Crippen LogP contribution < -0.4 is 5.73 Å². The maximum atomic E-state index is 5.65. The molecule has 1 aliphatic rings. The molecular formula is C12H22N4O. The van der Waals surface area contributed by atoms with Crippen molar-refractivity contribution in [3.05, 3.63) is 18.0 Å². The first-order valence-electron chi connectivity index (χ1n) is 6.27. The molecule has 0 aliphatic carbocycles. The Hall–Kier alpha value is -0.910. The molecule has 0 aromatic carbocycles. The second-order valence-corrected chi connectivity index (χ2v) is 4.82. The van der Waals surface area contributed by atoms with Crippen LogP contribution in [-0.4, -0.2) is 47.0 Å². The Labute approximate surface area is 103 Å². The Kier molecular flexibility index (Phi) is 4.15. The Morgan fingerprint density at radius 2 is 2.41 bits per heavy atom. The topological polar surface area (TPSA) is 56.3 Å². The van der Waals surface area contributed by atoms with Gasteiger partial charge in [-0.1, -0.05) is 0 Å². The normalized spacial score (nSPS) is 22.2. The first kappa shape index (κ1) is 12.5. The van der Waals surface area contributed by atoms with Gasteiger partial charge in [0.1, 0.15) is 0 Å². The zero-order valence-electron chi connectivity index (χ0n) is 10.7. The van der Waals surface area contributed by atoms with E-state index in [4.69, 9.17) is 10.5 Å². The lowest BCUT2D eigenvalue weighted by Gasteiger charge is -2.32. The molecule has 5 heteroatoms. The SMILES string of the molecule is CC(C)n1nccc1CN1CCOC(CN)C1. The van der Waals surface area contributed by atoms with Crippen LogP contribution in [0.25, 0.3) is 0 Å². The number of aromatic nitrogens is 2. The van der Waals surface area contributed by atoms with E-state index in [1.54, 1.807) is 0 Å². The number of ether oxygens (including phenoxy) is 1. The third-order valence-corrected chi connectivity index (χ3v) is 3.11. The third-order valence-electron chi connectivity index (χ3n) is 3.11. The van der Waals surface area contributed by atoms with E-state index in [1.807, 2.05) is 6.20 Å². The van der Waals surface area contributed by atoms with Crippen molar-refractivity contribution in [2.45, 2.75) is 32.5 Å². The Morgan fingerprint density at radius 1 is 1.59 bits per heavy atom. The van der Waals surface area contributed by atoms with Gasteiger partial charge in [-0.2, -0.15) is 5.10 Å². The highest BCUT2D eigenvalue weighted by Gasteiger charge is 2.20. The van der Waals surface area contributed by atoms with Gasteiger partial charge in [0, 0.05) is 38.4 Å². The predicted molar refractivity (Wildman–Crippen MR) is 66.7 cm³/mol. The van der Waals surface area contributed by atoms with Crippen LogP contribution in [0.4, 0.5) is 0 Å². The molecule has 1 fully saturated rings. The van der Waals surface area contributed by atoms with Crippen molar-refractivity contribution < 1.29 is 4.74 Å². The van der Waals surface area contributed by atoms with Crippen LogP contribution in [0.3, 0.4) is 0 Å². The van der Waals surface area contributed by atoms with E-state index < -0.39 is 0 Å². The molecule has 0 bridgehead atoms. The summed E-state index contributed by atoms with van der Waals surface area (Å²) in [6.07, 6.45) is 2.05. The van der Waals surface area contributed by atoms with Gasteiger partial charge < -0.3 is 10.5 Å². The minimum atomic E-state index is 0.180. The maximum Gasteiger partial charge on any atom is 0.0824 e. The minimum Gasteiger partial charge on any atom is -0.374 e. The van der Waals surface area contributed by atoms with Crippen molar-refractivity contribution in [1.82, 2.24) is 14.7 Å². The molecule has 0 spiro atoms. The summed E-state index contributed by atoms with van der Waals surface area (Å²) in [5, 5.41) is 4.35. The van der Waals surface area contributed by atoms with E-state index in [9.17, 15) is 0 Å². The van der Waals surface area contributed by atoms with Crippen molar-refractivity contribution in [1.29, 1.82) is 0 Å². The Bertz CT molecular complexity index is 350. The van der Waals surface area contributed by atoms with Crippen molar-refractivity contribution in [2.75, 3.05) is 26.2 Å². The lowest BCUT2D eigenvalue weighted by atomic mass is 10.2. The molecule has 1 saturated heterocycles. The first-order chi connectivity index (χ1) is 8.20. The van der Waals surface area contributed by atoms with Gasteiger partial charge in [-0.25, -0.2) is 0 Å². The second kappa shape index (κ2) is 5.62. The highest BCUT2D eigenvalue weighted by molar-refractivity contribution is 5.01. The van der Waals surface area contributed by atoms with Gasteiger partial charge in [-0.3, -0.25) is 9.58 Å². The molecule has 0 radical (unpaired) electrons. The molecule has 1 unspecified atom stereocenters. The quantitative estimate of drug-likeness (QED) is 0.835. The number of nitrogens with two attached hydrogens (primary N) is 1. The molecule has 0 amide bonds. The van der Waals surface area contributed by atoms with Crippen LogP contribution in [0.15, 0.2) is 12.3 Å². The summed E-state index contributed by atoms with van der Waals surface area (Å²) >= 11 is 0. The lowest BCUT2D eigenvalue weighted by molar-refractivity contribution is -0.0268. The second-order valence-electron chi connectivity index (χ2n) is 4.82. The van der Waals surface area contributed by atoms with Crippen LogP contribution >= 0.6 is 0 Å². The number of rotatable bonds is 4. The minimum absolute atomic E-state index is 0.180. The third kappa shape index (κ3) is 3.06. The monoisotopic (exact) mass is 238 g/mol. The number of hydrogen-bond acceptors (Lipinski definition) is 4. The van der Waals surface area contributed by atoms with E-state index in [2.05, 4.69) is 34.6 Å². The van der Waals surface area contributed by atoms with Crippen molar-refractivity contribution >= 4 is 0 Å². The van der Waals surface area contributed by atoms with E-state index in [-0.39, 0.29) is 6.10 Å². The van der Waals surface area contributed by atoms with Crippen LogP contribution in [0.5, 0.6) is 0 Å². The molecular weight excluding hydrogens is 216 g/mol. The molecule has 1 aromatic rings. The van der Waals surface area contributed by atoms with Gasteiger partial charge >= 0.3 is 0 Å². The van der Waals surface area contributed by atoms with E-state index in [1.165, 1.54) is 5.69 Å². The molecule has 17 heavy (non-hydrogen) atoms. The first-order valence-corrected chi connectivity index (χ1v) is 6.27. The van der Waals surface area contributed by atoms with Crippen LogP contribution in [0.1, 0.15) is 25.6 Å². The Morgan fingerprint density at radius 3 is 3.12 bits per heavy atom. The molecule has 1 aromatic heterocycles. The van der Waals surface area contributed by atoms with Gasteiger partial charge in [0.05, 0.1) is 18.4 Å². The van der Waals surface area contributed by atoms with Gasteiger partial charge in [-0.15, -0.1) is 0 Å². The summed E-state index contributed by atoms with van der Waals surface area (Å²) in [5.41, 5.74) is 6.91. The van der Waals surface area contributed by atoms with Gasteiger partial charge in [0.15, 0.2) is 0 Å². The summed E-state index contributed by atoms with van der Waals surface area (Å²) in [4.78, 5) is 2.39. The fraction of sp³-hybridized carbons (Fsp3) is 0.750. The molecule has 1 aliphatic heterocycles. The van der Waals surface area contributed by atoms with E-state index in [0.717, 1.165) is 26.2 Å². The zero-order valence-corrected chi connectivity index (χ0v) is 10.7. The van der Waals surface area contributed by atoms with Crippen LogP contribution in [0, 0.1) is 0 Å². The van der Waals surface area contributed by atoms with E-state index >= 15 is 0 Å². The summed E-state index contributed by atoms with van der Waals surface area (Å²) in [6, 6.07) is 2.50. The van der Waals surface area contributed by atoms with Crippen LogP contribution in [-0.2, 0) is 11.3 Å². The molecule has 5 nitrogen and oxygen atoms in total. The predicted octanol–water partition coefficient (Wildman–Crippen LogP) is 0.624. The molecule has 2 heterocycles. The molecule has 2 N–H and O–H groups in total.